The van der Waals surface area contributed by atoms with E-state index in [1.165, 1.54) is 145 Å². The van der Waals surface area contributed by atoms with Crippen molar-refractivity contribution in [2.75, 3.05) is 0 Å². The van der Waals surface area contributed by atoms with E-state index >= 15 is 0 Å². The van der Waals surface area contributed by atoms with Crippen LogP contribution in [0.5, 0.6) is 0 Å². The first-order chi connectivity index (χ1) is 40.9. The van der Waals surface area contributed by atoms with Crippen LogP contribution >= 0.6 is 0 Å². The fourth-order valence-electron chi connectivity index (χ4n) is 10.6. The molecule has 0 aliphatic heterocycles. The molecule has 0 atom stereocenters. The number of hydrogen-bond acceptors (Lipinski definition) is 9. The Morgan fingerprint density at radius 3 is 0.954 bits per heavy atom. The van der Waals surface area contributed by atoms with Crippen molar-refractivity contribution in [2.24, 2.45) is 0 Å². The van der Waals surface area contributed by atoms with Gasteiger partial charge in [-0.2, -0.15) is 0 Å². The first kappa shape index (κ1) is 67.7. The molecule has 0 spiro atoms. The third kappa shape index (κ3) is 15.0. The van der Waals surface area contributed by atoms with Crippen molar-refractivity contribution in [3.05, 3.63) is 237 Å². The molecule has 0 radical (unpaired) electrons. The summed E-state index contributed by atoms with van der Waals surface area (Å²) in [6, 6.07) is 15.0. The molecule has 0 aliphatic rings. The number of nitrogens with zero attached hydrogens (tertiary/aromatic N) is 9. The Kier molecular flexibility index (Phi) is 22.4. The van der Waals surface area contributed by atoms with E-state index < -0.39 is 0 Å². The summed E-state index contributed by atoms with van der Waals surface area (Å²) < 4.78 is 0. The minimum atomic E-state index is 0.965. The minimum Gasteiger partial charge on any atom is -0.261 e. The van der Waals surface area contributed by atoms with Crippen LogP contribution in [0.25, 0.3) is 56.3 Å². The summed E-state index contributed by atoms with van der Waals surface area (Å²) in [6.07, 6.45) is 13.2. The molecule has 0 fully saturated rings. The number of rotatable bonds is 5. The summed E-state index contributed by atoms with van der Waals surface area (Å²) in [5.74, 6) is 0. The lowest BCUT2D eigenvalue weighted by molar-refractivity contribution is 1.06. The Morgan fingerprint density at radius 1 is 0.195 bits per heavy atom. The minimum absolute atomic E-state index is 0.965. The zero-order valence-electron chi connectivity index (χ0n) is 57.6. The van der Waals surface area contributed by atoms with E-state index in [9.17, 15) is 0 Å². The van der Waals surface area contributed by atoms with E-state index in [0.29, 0.717) is 0 Å². The van der Waals surface area contributed by atoms with Gasteiger partial charge in [0.1, 0.15) is 6.33 Å². The van der Waals surface area contributed by atoms with E-state index in [1.807, 2.05) is 77.9 Å². The monoisotopic (exact) mass is 1160 g/mol. The lowest BCUT2D eigenvalue weighted by atomic mass is 9.93. The van der Waals surface area contributed by atoms with Crippen molar-refractivity contribution >= 4 is 0 Å². The summed E-state index contributed by atoms with van der Waals surface area (Å²) in [4.78, 5) is 40.3. The number of pyridine rings is 5. The normalized spacial score (nSPS) is 10.7. The predicted octanol–water partition coefficient (Wildman–Crippen LogP) is 19.7. The first-order valence-electron chi connectivity index (χ1n) is 30.3. The molecule has 0 amide bonds. The number of hydrogen-bond donors (Lipinski definition) is 0. The fraction of sp³-hybridized carbons (Fsp3) is 0.346. The fourth-order valence-corrected chi connectivity index (χ4v) is 10.6. The molecular formula is C78H95N9. The van der Waals surface area contributed by atoms with E-state index in [2.05, 4.69) is 234 Å². The van der Waals surface area contributed by atoms with Crippen LogP contribution < -0.4 is 0 Å². The molecule has 9 heteroatoms. The van der Waals surface area contributed by atoms with Gasteiger partial charge in [-0.1, -0.05) is 36.4 Å². The Morgan fingerprint density at radius 2 is 0.529 bits per heavy atom. The highest BCUT2D eigenvalue weighted by Crippen LogP contribution is 2.34. The second kappa shape index (κ2) is 28.8. The van der Waals surface area contributed by atoms with Crippen LogP contribution in [0, 0.1) is 187 Å². The van der Waals surface area contributed by atoms with Gasteiger partial charge in [0.05, 0.1) is 39.9 Å². The predicted molar refractivity (Wildman–Crippen MR) is 367 cm³/mol. The smallest absolute Gasteiger partial charge is 0.116 e. The van der Waals surface area contributed by atoms with Crippen molar-refractivity contribution in [2.45, 2.75) is 187 Å². The average Bonchev–Trinajstić information content (AvgIpc) is 3.01. The molecule has 0 unspecified atom stereocenters. The Hall–Kier alpha value is -8.43. The van der Waals surface area contributed by atoms with Gasteiger partial charge in [-0.05, 0) is 315 Å². The third-order valence-electron chi connectivity index (χ3n) is 18.9. The molecule has 7 aromatic heterocycles. The first-order valence-corrected chi connectivity index (χ1v) is 30.3. The summed E-state index contributed by atoms with van der Waals surface area (Å²) in [7, 11) is 0. The van der Waals surface area contributed by atoms with Crippen LogP contribution in [0.1, 0.15) is 151 Å². The van der Waals surface area contributed by atoms with Crippen molar-refractivity contribution in [1.29, 1.82) is 0 Å². The maximum Gasteiger partial charge on any atom is 0.116 e. The van der Waals surface area contributed by atoms with Crippen LogP contribution in [0.2, 0.25) is 0 Å². The molecule has 0 saturated carbocycles. The number of benzene rings is 3. The van der Waals surface area contributed by atoms with E-state index in [1.54, 1.807) is 6.33 Å². The van der Waals surface area contributed by atoms with Gasteiger partial charge in [0.2, 0.25) is 0 Å². The quantitative estimate of drug-likeness (QED) is 0.166. The lowest BCUT2D eigenvalue weighted by Gasteiger charge is -2.15. The molecule has 0 bridgehead atoms. The molecule has 10 rings (SSSR count). The van der Waals surface area contributed by atoms with E-state index in [4.69, 9.17) is 0 Å². The highest BCUT2D eigenvalue weighted by molar-refractivity contribution is 5.73. The zero-order valence-corrected chi connectivity index (χ0v) is 57.6. The van der Waals surface area contributed by atoms with Crippen molar-refractivity contribution in [3.63, 3.8) is 0 Å². The molecule has 3 aromatic carbocycles. The van der Waals surface area contributed by atoms with Crippen molar-refractivity contribution in [1.82, 2.24) is 44.9 Å². The van der Waals surface area contributed by atoms with Crippen LogP contribution in [0.15, 0.2) is 86.0 Å². The summed E-state index contributed by atoms with van der Waals surface area (Å²) in [5, 5.41) is 0. The largest absolute Gasteiger partial charge is 0.261 e. The Bertz CT molecular complexity index is 3860. The highest BCUT2D eigenvalue weighted by atomic mass is 14.8. The Balaban J connectivity index is 0.000000174. The molecular weight excluding hydrogens is 1060 g/mol. The van der Waals surface area contributed by atoms with Gasteiger partial charge in [0, 0.05) is 82.1 Å². The van der Waals surface area contributed by atoms with Crippen molar-refractivity contribution < 1.29 is 0 Å². The Labute approximate surface area is 522 Å². The second-order valence-electron chi connectivity index (χ2n) is 24.1. The highest BCUT2D eigenvalue weighted by Gasteiger charge is 2.17. The molecule has 9 nitrogen and oxygen atoms in total. The number of aryl methyl sites for hydroxylation is 11. The molecule has 0 aliphatic carbocycles. The topological polar surface area (TPSA) is 116 Å². The molecule has 7 heterocycles. The maximum atomic E-state index is 4.64. The lowest BCUT2D eigenvalue weighted by Crippen LogP contribution is -1.99. The summed E-state index contributed by atoms with van der Waals surface area (Å²) in [5.41, 5.74) is 45.0. The van der Waals surface area contributed by atoms with Gasteiger partial charge < -0.3 is 0 Å². The summed E-state index contributed by atoms with van der Waals surface area (Å²) in [6.45, 7) is 57.2. The SMILES string of the molecule is Cc1ccc(-c2ncc(C)c(C)c2C)c(C)c1C.Cc1ccc(-c2ncnc(C)c2C)c(C)c1C.Cc1cnc(-c2ccc(C)c(C)c2C)c(C)n1.Cc1cnc(-c2ccnc(C)c2C)c(C)c1C.Cc1cnc(-c2cnc(C)c(C)c2C)c(C)c1C. The van der Waals surface area contributed by atoms with Crippen LogP contribution in [0.4, 0.5) is 0 Å². The third-order valence-corrected chi connectivity index (χ3v) is 18.9. The van der Waals surface area contributed by atoms with Gasteiger partial charge in [0.15, 0.2) is 0 Å². The van der Waals surface area contributed by atoms with Crippen LogP contribution in [0.3, 0.4) is 0 Å². The second-order valence-corrected chi connectivity index (χ2v) is 24.1. The summed E-state index contributed by atoms with van der Waals surface area (Å²) >= 11 is 0. The molecule has 0 saturated heterocycles. The van der Waals surface area contributed by atoms with Crippen LogP contribution in [-0.2, 0) is 0 Å². The van der Waals surface area contributed by atoms with Gasteiger partial charge in [-0.15, -0.1) is 0 Å². The van der Waals surface area contributed by atoms with Gasteiger partial charge >= 0.3 is 0 Å². The zero-order chi connectivity index (χ0) is 64.6. The molecule has 0 N–H and O–H groups in total. The molecule has 10 aromatic rings. The number of aromatic nitrogens is 9. The van der Waals surface area contributed by atoms with Gasteiger partial charge in [-0.3, -0.25) is 34.9 Å². The van der Waals surface area contributed by atoms with Gasteiger partial charge in [-0.25, -0.2) is 9.97 Å². The average molecular weight is 1160 g/mol. The van der Waals surface area contributed by atoms with Gasteiger partial charge in [0.25, 0.3) is 0 Å². The van der Waals surface area contributed by atoms with Crippen molar-refractivity contribution in [3.8, 4) is 56.3 Å². The molecule has 87 heavy (non-hydrogen) atoms. The van der Waals surface area contributed by atoms with Crippen LogP contribution in [-0.4, -0.2) is 44.9 Å². The standard InChI is InChI=1S/C17H21N.C16H20N2.3C15H18N2/c1-10-7-8-16(14(5)12(10)3)17-15(6)13(4)11(2)9-18-17;1-9-7-18-16(13(5)10(9)2)15-8-17-14(6)11(3)12(15)4;1-9-8-17-15(11(3)10(9)2)14-6-7-16-13(5)12(14)4;1-9-6-7-14(11(3)10(9)2)15-12(4)13(5)16-8-17-15;1-9-6-7-14(12(4)11(9)3)15-13(5)17-10(2)8-16-15/h7-9H,1-6H3;7-8H,1-6H3;3*6-8H,1-5H3. The maximum absolute atomic E-state index is 4.64. The van der Waals surface area contributed by atoms with E-state index in [-0.39, 0.29) is 0 Å². The molecule has 452 valence electrons. The van der Waals surface area contributed by atoms with E-state index in [0.717, 1.165) is 62.5 Å².